The van der Waals surface area contributed by atoms with Crippen molar-refractivity contribution in [3.05, 3.63) is 70.7 Å². The van der Waals surface area contributed by atoms with E-state index >= 15 is 0 Å². The molecule has 2 N–H and O–H groups in total. The van der Waals surface area contributed by atoms with E-state index in [2.05, 4.69) is 69.5 Å². The predicted molar refractivity (Wildman–Crippen MR) is 136 cm³/mol. The quantitative estimate of drug-likeness (QED) is 0.528. The highest BCUT2D eigenvalue weighted by Gasteiger charge is 2.42. The molecule has 0 fully saturated rings. The van der Waals surface area contributed by atoms with Gasteiger partial charge in [-0.1, -0.05) is 55.8 Å². The minimum Gasteiger partial charge on any atom is -0.366 e. The number of anilines is 1. The summed E-state index contributed by atoms with van der Waals surface area (Å²) in [6.07, 6.45) is 8.23. The van der Waals surface area contributed by atoms with Gasteiger partial charge in [-0.2, -0.15) is 5.10 Å². The van der Waals surface area contributed by atoms with Gasteiger partial charge in [-0.3, -0.25) is 4.79 Å². The summed E-state index contributed by atoms with van der Waals surface area (Å²) in [5.41, 5.74) is 2.69. The third kappa shape index (κ3) is 4.19. The number of nitrogens with zero attached hydrogens (tertiary/aromatic N) is 2. The Balaban J connectivity index is 1.70. The SMILES string of the molecule is CCC(CC)(NC(=O)c1c(C)nn2c1N[C@@H](C1CC=CC=C1F)CC2(C)C)c1ccc(C)cc1. The average Bonchev–Trinajstić information content (AvgIpc) is 3.15. The van der Waals surface area contributed by atoms with Gasteiger partial charge in [-0.25, -0.2) is 9.07 Å². The molecule has 2 aliphatic rings. The molecule has 4 rings (SSSR count). The van der Waals surface area contributed by atoms with Crippen molar-refractivity contribution in [1.29, 1.82) is 0 Å². The molecule has 0 radical (unpaired) electrons. The van der Waals surface area contributed by atoms with Crippen LogP contribution in [0.3, 0.4) is 0 Å². The zero-order valence-corrected chi connectivity index (χ0v) is 21.2. The highest BCUT2D eigenvalue weighted by molar-refractivity contribution is 6.00. The Bertz CT molecular complexity index is 1120. The average molecular weight is 465 g/mol. The normalized spacial score (nSPS) is 21.4. The first-order valence-corrected chi connectivity index (χ1v) is 12.4. The van der Waals surface area contributed by atoms with Gasteiger partial charge in [0.25, 0.3) is 5.91 Å². The molecular weight excluding hydrogens is 427 g/mol. The molecule has 5 nitrogen and oxygen atoms in total. The molecule has 1 aromatic heterocycles. The van der Waals surface area contributed by atoms with E-state index in [-0.39, 0.29) is 29.2 Å². The minimum absolute atomic E-state index is 0.109. The summed E-state index contributed by atoms with van der Waals surface area (Å²) in [7, 11) is 0. The number of halogens is 1. The summed E-state index contributed by atoms with van der Waals surface area (Å²) >= 11 is 0. The van der Waals surface area contributed by atoms with Crippen molar-refractivity contribution in [3.8, 4) is 0 Å². The maximum absolute atomic E-state index is 14.7. The van der Waals surface area contributed by atoms with Crippen LogP contribution in [-0.4, -0.2) is 21.7 Å². The number of benzene rings is 1. The lowest BCUT2D eigenvalue weighted by molar-refractivity contribution is 0.0889. The van der Waals surface area contributed by atoms with Gasteiger partial charge in [0.15, 0.2) is 0 Å². The molecule has 0 saturated heterocycles. The molecule has 34 heavy (non-hydrogen) atoms. The Morgan fingerprint density at radius 3 is 2.53 bits per heavy atom. The summed E-state index contributed by atoms with van der Waals surface area (Å²) in [6, 6.07) is 8.26. The van der Waals surface area contributed by atoms with Crippen LogP contribution < -0.4 is 10.6 Å². The second-order valence-corrected chi connectivity index (χ2v) is 10.4. The number of aryl methyl sites for hydroxylation is 2. The number of hydrogen-bond donors (Lipinski definition) is 2. The molecule has 1 aliphatic heterocycles. The third-order valence-electron chi connectivity index (χ3n) is 7.69. The lowest BCUT2D eigenvalue weighted by atomic mass is 9.82. The fourth-order valence-corrected chi connectivity index (χ4v) is 5.50. The molecule has 1 aliphatic carbocycles. The molecule has 0 spiro atoms. The maximum Gasteiger partial charge on any atom is 0.257 e. The van der Waals surface area contributed by atoms with Gasteiger partial charge in [0, 0.05) is 12.0 Å². The molecule has 1 amide bonds. The molecule has 2 atom stereocenters. The van der Waals surface area contributed by atoms with E-state index in [1.165, 1.54) is 5.56 Å². The van der Waals surface area contributed by atoms with Crippen molar-refractivity contribution in [2.45, 2.75) is 84.3 Å². The largest absolute Gasteiger partial charge is 0.366 e. The molecular formula is C28H37FN4O. The zero-order chi connectivity index (χ0) is 24.7. The lowest BCUT2D eigenvalue weighted by Crippen LogP contribution is -2.47. The number of aromatic nitrogens is 2. The fourth-order valence-electron chi connectivity index (χ4n) is 5.50. The molecule has 2 aromatic rings. The van der Waals surface area contributed by atoms with Gasteiger partial charge in [-0.05, 0) is 65.0 Å². The topological polar surface area (TPSA) is 59.0 Å². The standard InChI is InChI=1S/C28H37FN4O/c1-7-28(8-2,20-15-13-18(3)14-16-20)31-26(34)24-19(4)32-33-25(24)30-23(17-27(33,5)6)21-11-9-10-12-22(21)29/h9-10,12-16,21,23,30H,7-8,11,17H2,1-6H3,(H,31,34)/t21?,23-/m1/s1. The van der Waals surface area contributed by atoms with Crippen LogP contribution in [-0.2, 0) is 11.1 Å². The van der Waals surface area contributed by atoms with Crippen LogP contribution in [0, 0.1) is 19.8 Å². The van der Waals surface area contributed by atoms with Gasteiger partial charge in [0.1, 0.15) is 17.2 Å². The number of carbonyl (C=O) groups excluding carboxylic acids is 1. The Labute approximate surface area is 202 Å². The van der Waals surface area contributed by atoms with Crippen molar-refractivity contribution >= 4 is 11.7 Å². The Hall–Kier alpha value is -2.89. The Morgan fingerprint density at radius 1 is 1.24 bits per heavy atom. The van der Waals surface area contributed by atoms with E-state index in [4.69, 9.17) is 5.10 Å². The fraction of sp³-hybridized carbons (Fsp3) is 0.500. The van der Waals surface area contributed by atoms with Gasteiger partial charge < -0.3 is 10.6 Å². The summed E-state index contributed by atoms with van der Waals surface area (Å²) < 4.78 is 16.6. The van der Waals surface area contributed by atoms with E-state index in [0.29, 0.717) is 23.5 Å². The first kappa shape index (κ1) is 24.2. The highest BCUT2D eigenvalue weighted by atomic mass is 19.1. The minimum atomic E-state index is -0.474. The smallest absolute Gasteiger partial charge is 0.257 e. The van der Waals surface area contributed by atoms with Gasteiger partial charge in [0.2, 0.25) is 0 Å². The lowest BCUT2D eigenvalue weighted by Gasteiger charge is -2.41. The first-order valence-electron chi connectivity index (χ1n) is 12.4. The third-order valence-corrected chi connectivity index (χ3v) is 7.69. The van der Waals surface area contributed by atoms with Gasteiger partial charge in [-0.15, -0.1) is 0 Å². The van der Waals surface area contributed by atoms with Gasteiger partial charge in [0.05, 0.1) is 16.8 Å². The van der Waals surface area contributed by atoms with Crippen molar-refractivity contribution in [3.63, 3.8) is 0 Å². The molecule has 1 aromatic carbocycles. The maximum atomic E-state index is 14.7. The number of allylic oxidation sites excluding steroid dienone is 3. The van der Waals surface area contributed by atoms with Crippen LogP contribution in [0.1, 0.15) is 80.6 Å². The van der Waals surface area contributed by atoms with Crippen LogP contribution >= 0.6 is 0 Å². The predicted octanol–water partition coefficient (Wildman–Crippen LogP) is 6.29. The van der Waals surface area contributed by atoms with Crippen molar-refractivity contribution in [1.82, 2.24) is 15.1 Å². The molecule has 6 heteroatoms. The Kier molecular flexibility index (Phi) is 6.45. The molecule has 0 saturated carbocycles. The molecule has 2 heterocycles. The summed E-state index contributed by atoms with van der Waals surface area (Å²) in [5, 5.41) is 11.6. The van der Waals surface area contributed by atoms with Gasteiger partial charge >= 0.3 is 0 Å². The van der Waals surface area contributed by atoms with E-state index in [0.717, 1.165) is 24.8 Å². The van der Waals surface area contributed by atoms with Crippen LogP contribution in [0.25, 0.3) is 0 Å². The number of fused-ring (bicyclic) bond motifs is 1. The van der Waals surface area contributed by atoms with Crippen molar-refractivity contribution in [2.75, 3.05) is 5.32 Å². The second-order valence-electron chi connectivity index (χ2n) is 10.4. The van der Waals surface area contributed by atoms with E-state index < -0.39 is 5.54 Å². The van der Waals surface area contributed by atoms with Crippen LogP contribution in [0.5, 0.6) is 0 Å². The second kappa shape index (κ2) is 9.05. The van der Waals surface area contributed by atoms with Crippen molar-refractivity contribution < 1.29 is 9.18 Å². The number of rotatable bonds is 6. The monoisotopic (exact) mass is 464 g/mol. The number of amides is 1. The van der Waals surface area contributed by atoms with Crippen molar-refractivity contribution in [2.24, 2.45) is 5.92 Å². The van der Waals surface area contributed by atoms with Crippen LogP contribution in [0.15, 0.2) is 48.3 Å². The van der Waals surface area contributed by atoms with E-state index in [9.17, 15) is 9.18 Å². The summed E-state index contributed by atoms with van der Waals surface area (Å²) in [4.78, 5) is 13.8. The number of nitrogens with one attached hydrogen (secondary N) is 2. The number of carbonyl (C=O) groups is 1. The number of hydrogen-bond acceptors (Lipinski definition) is 3. The molecule has 1 unspecified atom stereocenters. The van der Waals surface area contributed by atoms with E-state index in [1.807, 2.05) is 17.7 Å². The highest BCUT2D eigenvalue weighted by Crippen LogP contribution is 2.41. The first-order chi connectivity index (χ1) is 16.1. The molecule has 182 valence electrons. The summed E-state index contributed by atoms with van der Waals surface area (Å²) in [6.45, 7) is 12.4. The summed E-state index contributed by atoms with van der Waals surface area (Å²) in [5.74, 6) is 0.180. The van der Waals surface area contributed by atoms with E-state index in [1.54, 1.807) is 12.2 Å². The zero-order valence-electron chi connectivity index (χ0n) is 21.2. The van der Waals surface area contributed by atoms with Crippen LogP contribution in [0.2, 0.25) is 0 Å². The van der Waals surface area contributed by atoms with Crippen LogP contribution in [0.4, 0.5) is 10.2 Å². The Morgan fingerprint density at radius 2 is 1.91 bits per heavy atom. The molecule has 0 bridgehead atoms.